The standard InChI is InChI=1S/C21H25N5O2.ClH/c1-4-26-19-8-6-15(13(2)21(19)24-25-26)16(11-20(27)28-3)17-7-5-14-9-10-22-12-18(14)23-17;/h5-8,16,22H,4,9-12H2,1-3H3;1H. The van der Waals surface area contributed by atoms with Gasteiger partial charge in [-0.1, -0.05) is 17.3 Å². The summed E-state index contributed by atoms with van der Waals surface area (Å²) in [5, 5.41) is 12.0. The fraction of sp³-hybridized carbons (Fsp3) is 0.429. The summed E-state index contributed by atoms with van der Waals surface area (Å²) in [6, 6.07) is 8.29. The number of hydrogen-bond donors (Lipinski definition) is 1. The number of esters is 1. The zero-order chi connectivity index (χ0) is 19.7. The van der Waals surface area contributed by atoms with Crippen molar-refractivity contribution in [3.8, 4) is 0 Å². The molecule has 2 aromatic heterocycles. The minimum absolute atomic E-state index is 0. The summed E-state index contributed by atoms with van der Waals surface area (Å²) in [4.78, 5) is 17.1. The summed E-state index contributed by atoms with van der Waals surface area (Å²) in [6.45, 7) is 6.58. The van der Waals surface area contributed by atoms with Crippen molar-refractivity contribution in [1.82, 2.24) is 25.3 Å². The van der Waals surface area contributed by atoms with Crippen molar-refractivity contribution in [2.24, 2.45) is 0 Å². The Hall–Kier alpha value is -2.51. The van der Waals surface area contributed by atoms with Crippen molar-refractivity contribution < 1.29 is 9.53 Å². The molecule has 3 heterocycles. The van der Waals surface area contributed by atoms with Gasteiger partial charge in [0.25, 0.3) is 0 Å². The quantitative estimate of drug-likeness (QED) is 0.645. The van der Waals surface area contributed by atoms with Gasteiger partial charge in [0.15, 0.2) is 0 Å². The SMILES string of the molecule is CCn1nnc2c(C)c(C(CC(=O)OC)c3ccc4c(n3)CNCC4)ccc21.Cl. The third kappa shape index (κ3) is 3.97. The first-order chi connectivity index (χ1) is 13.6. The maximum absolute atomic E-state index is 12.2. The van der Waals surface area contributed by atoms with Crippen LogP contribution >= 0.6 is 12.4 Å². The number of ether oxygens (including phenoxy) is 1. The summed E-state index contributed by atoms with van der Waals surface area (Å²) in [5.41, 5.74) is 7.17. The molecule has 0 saturated carbocycles. The number of pyridine rings is 1. The zero-order valence-corrected chi connectivity index (χ0v) is 17.8. The van der Waals surface area contributed by atoms with Crippen LogP contribution in [0.25, 0.3) is 11.0 Å². The summed E-state index contributed by atoms with van der Waals surface area (Å²) < 4.78 is 6.85. The van der Waals surface area contributed by atoms with Crippen LogP contribution in [0.5, 0.6) is 0 Å². The van der Waals surface area contributed by atoms with Gasteiger partial charge in [-0.05, 0) is 55.6 Å². The van der Waals surface area contributed by atoms with Gasteiger partial charge in [-0.2, -0.15) is 0 Å². The third-order valence-corrected chi connectivity index (χ3v) is 5.57. The molecule has 4 rings (SSSR count). The van der Waals surface area contributed by atoms with E-state index in [-0.39, 0.29) is 30.7 Å². The lowest BCUT2D eigenvalue weighted by molar-refractivity contribution is -0.140. The highest BCUT2D eigenvalue weighted by Gasteiger charge is 2.25. The fourth-order valence-corrected chi connectivity index (χ4v) is 3.97. The highest BCUT2D eigenvalue weighted by Crippen LogP contribution is 2.33. The molecule has 1 unspecified atom stereocenters. The van der Waals surface area contributed by atoms with Gasteiger partial charge in [-0.25, -0.2) is 4.68 Å². The lowest BCUT2D eigenvalue weighted by Crippen LogP contribution is -2.25. The molecule has 7 nitrogen and oxygen atoms in total. The predicted molar refractivity (Wildman–Crippen MR) is 113 cm³/mol. The molecule has 8 heteroatoms. The molecule has 0 spiro atoms. The van der Waals surface area contributed by atoms with Gasteiger partial charge in [0.05, 0.1) is 24.7 Å². The number of hydrogen-bond acceptors (Lipinski definition) is 6. The van der Waals surface area contributed by atoms with E-state index in [0.717, 1.165) is 59.6 Å². The van der Waals surface area contributed by atoms with Crippen molar-refractivity contribution in [2.75, 3.05) is 13.7 Å². The van der Waals surface area contributed by atoms with Crippen molar-refractivity contribution in [3.05, 3.63) is 52.3 Å². The van der Waals surface area contributed by atoms with Gasteiger partial charge < -0.3 is 10.1 Å². The Morgan fingerprint density at radius 2 is 2.14 bits per heavy atom. The molecule has 0 saturated heterocycles. The number of fused-ring (bicyclic) bond motifs is 2. The van der Waals surface area contributed by atoms with Crippen LogP contribution in [-0.4, -0.2) is 39.6 Å². The smallest absolute Gasteiger partial charge is 0.306 e. The second-order valence-electron chi connectivity index (χ2n) is 7.15. The molecule has 0 amide bonds. The molecule has 1 atom stereocenters. The van der Waals surface area contributed by atoms with Gasteiger partial charge >= 0.3 is 5.97 Å². The number of rotatable bonds is 5. The van der Waals surface area contributed by atoms with Crippen molar-refractivity contribution in [3.63, 3.8) is 0 Å². The number of methoxy groups -OCH3 is 1. The summed E-state index contributed by atoms with van der Waals surface area (Å²) >= 11 is 0. The van der Waals surface area contributed by atoms with Crippen molar-refractivity contribution in [2.45, 2.75) is 45.7 Å². The van der Waals surface area contributed by atoms with Crippen LogP contribution in [0.4, 0.5) is 0 Å². The van der Waals surface area contributed by atoms with E-state index in [9.17, 15) is 4.79 Å². The predicted octanol–water partition coefficient (Wildman–Crippen LogP) is 2.92. The van der Waals surface area contributed by atoms with E-state index in [1.165, 1.54) is 12.7 Å². The first-order valence-corrected chi connectivity index (χ1v) is 9.71. The molecule has 0 radical (unpaired) electrons. The third-order valence-electron chi connectivity index (χ3n) is 5.57. The van der Waals surface area contributed by atoms with Crippen molar-refractivity contribution >= 4 is 29.4 Å². The van der Waals surface area contributed by atoms with E-state index in [2.05, 4.69) is 27.8 Å². The van der Waals surface area contributed by atoms with Crippen LogP contribution in [0.2, 0.25) is 0 Å². The summed E-state index contributed by atoms with van der Waals surface area (Å²) in [7, 11) is 1.42. The van der Waals surface area contributed by atoms with Crippen LogP contribution in [0.1, 0.15) is 47.3 Å². The van der Waals surface area contributed by atoms with E-state index in [0.29, 0.717) is 0 Å². The van der Waals surface area contributed by atoms with E-state index >= 15 is 0 Å². The Labute approximate surface area is 176 Å². The van der Waals surface area contributed by atoms with Crippen LogP contribution in [0.15, 0.2) is 24.3 Å². The first kappa shape index (κ1) is 21.2. The lowest BCUT2D eigenvalue weighted by Gasteiger charge is -2.22. The number of nitrogens with one attached hydrogen (secondary N) is 1. The Balaban J connectivity index is 0.00000240. The highest BCUT2D eigenvalue weighted by molar-refractivity contribution is 5.85. The second-order valence-corrected chi connectivity index (χ2v) is 7.15. The monoisotopic (exact) mass is 415 g/mol. The number of aryl methyl sites for hydroxylation is 2. The molecule has 154 valence electrons. The van der Waals surface area contributed by atoms with Gasteiger partial charge in [0.2, 0.25) is 0 Å². The van der Waals surface area contributed by atoms with Gasteiger partial charge in [0.1, 0.15) is 5.52 Å². The second kappa shape index (κ2) is 8.88. The van der Waals surface area contributed by atoms with Crippen molar-refractivity contribution in [1.29, 1.82) is 0 Å². The Morgan fingerprint density at radius 3 is 2.90 bits per heavy atom. The Morgan fingerprint density at radius 1 is 1.31 bits per heavy atom. The topological polar surface area (TPSA) is 81.9 Å². The van der Waals surface area contributed by atoms with Crippen LogP contribution in [0.3, 0.4) is 0 Å². The number of nitrogens with zero attached hydrogens (tertiary/aromatic N) is 4. The number of halogens is 1. The number of aromatic nitrogens is 4. The largest absolute Gasteiger partial charge is 0.469 e. The van der Waals surface area contributed by atoms with Crippen LogP contribution < -0.4 is 5.32 Å². The maximum atomic E-state index is 12.2. The molecule has 0 aliphatic carbocycles. The average molecular weight is 416 g/mol. The van der Waals surface area contributed by atoms with E-state index < -0.39 is 0 Å². The van der Waals surface area contributed by atoms with E-state index in [1.54, 1.807) is 0 Å². The number of carbonyl (C=O) groups excluding carboxylic acids is 1. The van der Waals surface area contributed by atoms with Crippen LogP contribution in [0, 0.1) is 6.92 Å². The fourth-order valence-electron chi connectivity index (χ4n) is 3.97. The minimum atomic E-state index is -0.251. The van der Waals surface area contributed by atoms with Crippen LogP contribution in [-0.2, 0) is 29.0 Å². The average Bonchev–Trinajstić information content (AvgIpc) is 3.16. The summed E-state index contributed by atoms with van der Waals surface area (Å²) in [5.74, 6) is -0.435. The molecule has 29 heavy (non-hydrogen) atoms. The molecular formula is C21H26ClN5O2. The molecule has 1 aromatic carbocycles. The van der Waals surface area contributed by atoms with E-state index in [4.69, 9.17) is 9.72 Å². The molecule has 1 N–H and O–H groups in total. The minimum Gasteiger partial charge on any atom is -0.469 e. The maximum Gasteiger partial charge on any atom is 0.306 e. The molecular weight excluding hydrogens is 390 g/mol. The summed E-state index contributed by atoms with van der Waals surface area (Å²) in [6.07, 6.45) is 1.22. The normalized spacial score (nSPS) is 14.2. The van der Waals surface area contributed by atoms with Gasteiger partial charge in [0, 0.05) is 24.7 Å². The Kier molecular flexibility index (Phi) is 6.49. The van der Waals surface area contributed by atoms with Gasteiger partial charge in [-0.15, -0.1) is 17.5 Å². The molecule has 3 aromatic rings. The number of carbonyl (C=O) groups is 1. The number of benzene rings is 1. The highest BCUT2D eigenvalue weighted by atomic mass is 35.5. The van der Waals surface area contributed by atoms with E-state index in [1.807, 2.05) is 30.7 Å². The van der Waals surface area contributed by atoms with Gasteiger partial charge in [-0.3, -0.25) is 9.78 Å². The first-order valence-electron chi connectivity index (χ1n) is 9.71. The molecule has 1 aliphatic heterocycles. The molecule has 1 aliphatic rings. The Bertz CT molecular complexity index is 1030. The molecule has 0 fully saturated rings. The molecule has 0 bridgehead atoms. The zero-order valence-electron chi connectivity index (χ0n) is 16.9. The lowest BCUT2D eigenvalue weighted by atomic mass is 9.87.